The highest BCUT2D eigenvalue weighted by Crippen LogP contribution is 2.11. The molecule has 0 aliphatic rings. The van der Waals surface area contributed by atoms with Crippen LogP contribution in [0, 0.1) is 13.8 Å². The number of aryl methyl sites for hydroxylation is 3. The molecule has 0 radical (unpaired) electrons. The number of nitrogens with zero attached hydrogens (tertiary/aromatic N) is 1. The number of benzene rings is 1. The maximum absolute atomic E-state index is 11.8. The first-order valence-corrected chi connectivity index (χ1v) is 6.52. The summed E-state index contributed by atoms with van der Waals surface area (Å²) in [5.74, 6) is 0.877. The Kier molecular flexibility index (Phi) is 4.39. The molecule has 0 saturated heterocycles. The number of hydrogen-bond donors (Lipinski definition) is 0. The fourth-order valence-corrected chi connectivity index (χ4v) is 1.89. The zero-order valence-corrected chi connectivity index (χ0v) is 11.4. The third kappa shape index (κ3) is 3.71. The molecule has 2 rings (SSSR count). The molecule has 0 atom stereocenters. The van der Waals surface area contributed by atoms with Gasteiger partial charge >= 0.3 is 0 Å². The Morgan fingerprint density at radius 2 is 1.84 bits per heavy atom. The van der Waals surface area contributed by atoms with Gasteiger partial charge in [0.15, 0.2) is 0 Å². The fraction of sp³-hybridized carbons (Fsp3) is 0.312. The van der Waals surface area contributed by atoms with E-state index >= 15 is 0 Å². The van der Waals surface area contributed by atoms with Gasteiger partial charge in [-0.25, -0.2) is 0 Å². The topological polar surface area (TPSA) is 31.2 Å². The summed E-state index contributed by atoms with van der Waals surface area (Å²) >= 11 is 0. The predicted molar refractivity (Wildman–Crippen MR) is 76.7 cm³/mol. The summed E-state index contributed by atoms with van der Waals surface area (Å²) in [4.78, 5) is 11.8. The first kappa shape index (κ1) is 13.4. The van der Waals surface area contributed by atoms with Crippen molar-refractivity contribution >= 4 is 0 Å². The van der Waals surface area contributed by atoms with Crippen LogP contribution in [0.25, 0.3) is 0 Å². The maximum atomic E-state index is 11.8. The van der Waals surface area contributed by atoms with Gasteiger partial charge in [-0.05, 0) is 38.5 Å². The minimum absolute atomic E-state index is 0.0813. The molecule has 0 bridgehead atoms. The first-order chi connectivity index (χ1) is 9.16. The van der Waals surface area contributed by atoms with Gasteiger partial charge in [-0.1, -0.05) is 23.8 Å². The van der Waals surface area contributed by atoms with Gasteiger partial charge in [0.2, 0.25) is 0 Å². The molecule has 0 fully saturated rings. The third-order valence-corrected chi connectivity index (χ3v) is 3.04. The average Bonchev–Trinajstić information content (AvgIpc) is 2.41. The second-order valence-corrected chi connectivity index (χ2v) is 4.70. The van der Waals surface area contributed by atoms with Crippen LogP contribution >= 0.6 is 0 Å². The molecular weight excluding hydrogens is 238 g/mol. The SMILES string of the molecule is Cc1ccc(OCCCn2cccc(C)c2=O)cc1. The molecule has 0 unspecified atom stereocenters. The Bertz CT molecular complexity index is 584. The highest BCUT2D eigenvalue weighted by molar-refractivity contribution is 5.26. The normalized spacial score (nSPS) is 10.4. The minimum atomic E-state index is 0.0813. The molecule has 1 aromatic heterocycles. The Morgan fingerprint density at radius 3 is 2.58 bits per heavy atom. The van der Waals surface area contributed by atoms with Crippen LogP contribution in [-0.4, -0.2) is 11.2 Å². The van der Waals surface area contributed by atoms with E-state index in [-0.39, 0.29) is 5.56 Å². The lowest BCUT2D eigenvalue weighted by molar-refractivity contribution is 0.301. The number of aromatic nitrogens is 1. The first-order valence-electron chi connectivity index (χ1n) is 6.52. The van der Waals surface area contributed by atoms with Crippen LogP contribution in [0.5, 0.6) is 5.75 Å². The van der Waals surface area contributed by atoms with Crippen molar-refractivity contribution in [2.45, 2.75) is 26.8 Å². The van der Waals surface area contributed by atoms with E-state index in [2.05, 4.69) is 0 Å². The largest absolute Gasteiger partial charge is 0.494 e. The number of rotatable bonds is 5. The van der Waals surface area contributed by atoms with Gasteiger partial charge in [-0.15, -0.1) is 0 Å². The van der Waals surface area contributed by atoms with Gasteiger partial charge < -0.3 is 9.30 Å². The van der Waals surface area contributed by atoms with E-state index in [4.69, 9.17) is 4.74 Å². The summed E-state index contributed by atoms with van der Waals surface area (Å²) in [7, 11) is 0. The highest BCUT2D eigenvalue weighted by atomic mass is 16.5. The summed E-state index contributed by atoms with van der Waals surface area (Å²) in [6.07, 6.45) is 2.64. The number of ether oxygens (including phenoxy) is 1. The quantitative estimate of drug-likeness (QED) is 0.771. The Morgan fingerprint density at radius 1 is 1.11 bits per heavy atom. The molecule has 0 spiro atoms. The standard InChI is InChI=1S/C16H19NO2/c1-13-6-8-15(9-7-13)19-12-4-11-17-10-3-5-14(2)16(17)18/h3,5-10H,4,11-12H2,1-2H3. The van der Waals surface area contributed by atoms with E-state index in [1.165, 1.54) is 5.56 Å². The van der Waals surface area contributed by atoms with Crippen molar-refractivity contribution in [2.24, 2.45) is 0 Å². The van der Waals surface area contributed by atoms with Gasteiger partial charge in [0, 0.05) is 18.3 Å². The zero-order valence-electron chi connectivity index (χ0n) is 11.4. The lowest BCUT2D eigenvalue weighted by Crippen LogP contribution is -2.22. The molecule has 0 aliphatic carbocycles. The minimum Gasteiger partial charge on any atom is -0.494 e. The van der Waals surface area contributed by atoms with E-state index in [0.29, 0.717) is 13.2 Å². The average molecular weight is 257 g/mol. The fourth-order valence-electron chi connectivity index (χ4n) is 1.89. The van der Waals surface area contributed by atoms with Crippen LogP contribution in [0.2, 0.25) is 0 Å². The molecular formula is C16H19NO2. The van der Waals surface area contributed by atoms with Crippen LogP contribution in [0.15, 0.2) is 47.4 Å². The molecule has 1 heterocycles. The molecule has 100 valence electrons. The van der Waals surface area contributed by atoms with Gasteiger partial charge in [-0.3, -0.25) is 4.79 Å². The second kappa shape index (κ2) is 6.23. The molecule has 1 aromatic carbocycles. The summed E-state index contributed by atoms with van der Waals surface area (Å²) in [5.41, 5.74) is 2.08. The molecule has 3 heteroatoms. The van der Waals surface area contributed by atoms with E-state index in [0.717, 1.165) is 17.7 Å². The van der Waals surface area contributed by atoms with Crippen LogP contribution in [-0.2, 0) is 6.54 Å². The van der Waals surface area contributed by atoms with E-state index in [1.807, 2.05) is 56.4 Å². The molecule has 0 saturated carbocycles. The zero-order chi connectivity index (χ0) is 13.7. The van der Waals surface area contributed by atoms with Gasteiger partial charge in [0.25, 0.3) is 5.56 Å². The lowest BCUT2D eigenvalue weighted by Gasteiger charge is -2.08. The molecule has 2 aromatic rings. The molecule has 3 nitrogen and oxygen atoms in total. The van der Waals surface area contributed by atoms with Crippen molar-refractivity contribution in [2.75, 3.05) is 6.61 Å². The summed E-state index contributed by atoms with van der Waals surface area (Å²) < 4.78 is 7.37. The van der Waals surface area contributed by atoms with Gasteiger partial charge in [0.05, 0.1) is 6.61 Å². The number of hydrogen-bond acceptors (Lipinski definition) is 2. The highest BCUT2D eigenvalue weighted by Gasteiger charge is 1.99. The van der Waals surface area contributed by atoms with Crippen molar-refractivity contribution < 1.29 is 4.74 Å². The smallest absolute Gasteiger partial charge is 0.253 e. The van der Waals surface area contributed by atoms with Crippen molar-refractivity contribution in [3.63, 3.8) is 0 Å². The van der Waals surface area contributed by atoms with Crippen LogP contribution < -0.4 is 10.3 Å². The van der Waals surface area contributed by atoms with Crippen molar-refractivity contribution in [1.82, 2.24) is 4.57 Å². The Balaban J connectivity index is 1.82. The van der Waals surface area contributed by atoms with Crippen molar-refractivity contribution in [3.05, 3.63) is 64.1 Å². The van der Waals surface area contributed by atoms with Crippen molar-refractivity contribution in [1.29, 1.82) is 0 Å². The monoisotopic (exact) mass is 257 g/mol. The van der Waals surface area contributed by atoms with E-state index < -0.39 is 0 Å². The summed E-state index contributed by atoms with van der Waals surface area (Å²) in [5, 5.41) is 0. The van der Waals surface area contributed by atoms with E-state index in [9.17, 15) is 4.79 Å². The Hall–Kier alpha value is -2.03. The van der Waals surface area contributed by atoms with Crippen LogP contribution in [0.3, 0.4) is 0 Å². The van der Waals surface area contributed by atoms with Crippen LogP contribution in [0.4, 0.5) is 0 Å². The molecule has 0 amide bonds. The number of pyridine rings is 1. The summed E-state index contributed by atoms with van der Waals surface area (Å²) in [6, 6.07) is 11.7. The van der Waals surface area contributed by atoms with Crippen LogP contribution in [0.1, 0.15) is 17.5 Å². The lowest BCUT2D eigenvalue weighted by atomic mass is 10.2. The molecule has 19 heavy (non-hydrogen) atoms. The Labute approximate surface area is 113 Å². The molecule has 0 N–H and O–H groups in total. The van der Waals surface area contributed by atoms with Crippen molar-refractivity contribution in [3.8, 4) is 5.75 Å². The predicted octanol–water partition coefficient (Wildman–Crippen LogP) is 2.93. The van der Waals surface area contributed by atoms with Gasteiger partial charge in [-0.2, -0.15) is 0 Å². The van der Waals surface area contributed by atoms with E-state index in [1.54, 1.807) is 4.57 Å². The van der Waals surface area contributed by atoms with Gasteiger partial charge in [0.1, 0.15) is 5.75 Å². The maximum Gasteiger partial charge on any atom is 0.253 e. The second-order valence-electron chi connectivity index (χ2n) is 4.70. The molecule has 0 aliphatic heterocycles. The third-order valence-electron chi connectivity index (χ3n) is 3.04. The summed E-state index contributed by atoms with van der Waals surface area (Å²) in [6.45, 7) is 5.19.